The summed E-state index contributed by atoms with van der Waals surface area (Å²) in [5, 5.41) is 16.9. The molecule has 2 amide bonds. The van der Waals surface area contributed by atoms with Crippen LogP contribution in [-0.2, 0) is 29.6 Å². The van der Waals surface area contributed by atoms with Gasteiger partial charge in [-0.15, -0.1) is 23.1 Å². The summed E-state index contributed by atoms with van der Waals surface area (Å²) < 4.78 is 97.2. The number of thiazole rings is 1. The Hall–Kier alpha value is -2.77. The monoisotopic (exact) mass is 586 g/mol. The average Bonchev–Trinajstić information content (AvgIpc) is 3.34. The summed E-state index contributed by atoms with van der Waals surface area (Å²) in [4.78, 5) is 47.9. The molecular formula is C19H26N6O9S3. The largest absolute Gasteiger partial charge is 0.726 e. The quantitative estimate of drug-likeness (QED) is 0.0758. The molecule has 5 N–H and O–H groups in total. The summed E-state index contributed by atoms with van der Waals surface area (Å²) in [6.07, 6.45) is -6.56. The molecule has 0 bridgehead atoms. The molecule has 0 aromatic carbocycles. The van der Waals surface area contributed by atoms with E-state index in [1.165, 1.54) is 12.5 Å². The molecule has 37 heavy (non-hydrogen) atoms. The molecule has 0 unspecified atom stereocenters. The van der Waals surface area contributed by atoms with Crippen LogP contribution in [0.3, 0.4) is 0 Å². The minimum Gasteiger partial charge on any atom is -0.726 e. The van der Waals surface area contributed by atoms with Crippen molar-refractivity contribution in [1.29, 1.82) is 0 Å². The number of likely N-dealkylation sites (N-methyl/N-ethyl adjacent to an activating group) is 1. The average molecular weight is 587 g/mol. The highest BCUT2D eigenvalue weighted by atomic mass is 32.3. The van der Waals surface area contributed by atoms with Crippen molar-refractivity contribution < 1.29 is 57.3 Å². The second-order valence-corrected chi connectivity index (χ2v) is 10.4. The molecule has 0 aliphatic carbocycles. The van der Waals surface area contributed by atoms with E-state index >= 15 is 0 Å². The van der Waals surface area contributed by atoms with Gasteiger partial charge in [0.2, 0.25) is 10.4 Å². The Morgan fingerprint density at radius 3 is 2.59 bits per heavy atom. The van der Waals surface area contributed by atoms with Gasteiger partial charge in [0, 0.05) is 34.9 Å². The maximum Gasteiger partial charge on any atom is 0.352 e. The molecule has 3 aliphatic heterocycles. The van der Waals surface area contributed by atoms with Gasteiger partial charge >= 0.3 is 5.97 Å². The van der Waals surface area contributed by atoms with E-state index in [0.29, 0.717) is 0 Å². The smallest absolute Gasteiger partial charge is 0.352 e. The third-order valence-electron chi connectivity index (χ3n) is 4.87. The van der Waals surface area contributed by atoms with E-state index in [2.05, 4.69) is 15.5 Å². The van der Waals surface area contributed by atoms with Crippen molar-refractivity contribution in [2.24, 2.45) is 5.16 Å². The zero-order chi connectivity index (χ0) is 34.7. The second-order valence-electron chi connectivity index (χ2n) is 7.56. The molecule has 18 heteroatoms. The third-order valence-corrected chi connectivity index (χ3v) is 6.89. The number of carbonyl (C=O) groups is 3. The highest BCUT2D eigenvalue weighted by Crippen LogP contribution is 2.41. The van der Waals surface area contributed by atoms with Crippen LogP contribution in [0.4, 0.5) is 5.13 Å². The molecule has 1 aromatic heterocycles. The predicted molar refractivity (Wildman–Crippen MR) is 132 cm³/mol. The van der Waals surface area contributed by atoms with Crippen molar-refractivity contribution in [2.75, 3.05) is 45.2 Å². The van der Waals surface area contributed by atoms with Crippen molar-refractivity contribution in [3.63, 3.8) is 0 Å². The van der Waals surface area contributed by atoms with Gasteiger partial charge < -0.3 is 30.0 Å². The Bertz CT molecular complexity index is 1550. The van der Waals surface area contributed by atoms with Crippen molar-refractivity contribution in [2.45, 2.75) is 24.2 Å². The van der Waals surface area contributed by atoms with Gasteiger partial charge in [-0.3, -0.25) is 19.0 Å². The number of aromatic nitrogens is 1. The van der Waals surface area contributed by atoms with E-state index in [4.69, 9.17) is 39.1 Å². The van der Waals surface area contributed by atoms with Gasteiger partial charge in [-0.2, -0.15) is 0 Å². The highest BCUT2D eigenvalue weighted by molar-refractivity contribution is 8.00. The Morgan fingerprint density at radius 1 is 1.46 bits per heavy atom. The first-order chi connectivity index (χ1) is 20.3. The SMILES string of the molecule is O=S(=O)([O-])O.[2H]C1([2H])C([2H])([2H])C([2H])([2H])[N+](C)(CC2=C(C(=O)O)N3C(=O)[C@@H](NC(=O)/C(=N/OC)c4csc(N)n4)[C@H]3SC2)C1([2H])[2H]. The fourth-order valence-corrected chi connectivity index (χ4v) is 5.38. The van der Waals surface area contributed by atoms with Crippen LogP contribution in [-0.4, -0.2) is 111 Å². The van der Waals surface area contributed by atoms with E-state index in [1.807, 2.05) is 0 Å². The summed E-state index contributed by atoms with van der Waals surface area (Å²) in [7, 11) is -2.73. The van der Waals surface area contributed by atoms with Crippen molar-refractivity contribution >= 4 is 62.1 Å². The van der Waals surface area contributed by atoms with Crippen LogP contribution in [0.25, 0.3) is 0 Å². The topological polar surface area (TPSA) is 225 Å². The molecule has 204 valence electrons. The predicted octanol–water partition coefficient (Wildman–Crippen LogP) is -0.941. The molecule has 2 saturated heterocycles. The van der Waals surface area contributed by atoms with Crippen LogP contribution in [0.1, 0.15) is 29.4 Å². The number of hydrogen-bond acceptors (Lipinski definition) is 12. The zero-order valence-electron chi connectivity index (χ0n) is 27.0. The lowest BCUT2D eigenvalue weighted by molar-refractivity contribution is -0.893. The van der Waals surface area contributed by atoms with Crippen LogP contribution in [0, 0.1) is 0 Å². The number of quaternary nitrogens is 1. The Morgan fingerprint density at radius 2 is 2.08 bits per heavy atom. The summed E-state index contributed by atoms with van der Waals surface area (Å²) in [5.41, 5.74) is 4.80. The van der Waals surface area contributed by atoms with Crippen molar-refractivity contribution in [3.8, 4) is 0 Å². The van der Waals surface area contributed by atoms with E-state index in [1.54, 1.807) is 0 Å². The van der Waals surface area contributed by atoms with Crippen LogP contribution < -0.4 is 11.1 Å². The third kappa shape index (κ3) is 6.96. The van der Waals surface area contributed by atoms with Gasteiger partial charge in [-0.25, -0.2) is 18.2 Å². The van der Waals surface area contributed by atoms with Gasteiger partial charge in [0.05, 0.1) is 25.5 Å². The van der Waals surface area contributed by atoms with Crippen LogP contribution >= 0.6 is 23.1 Å². The van der Waals surface area contributed by atoms with Gasteiger partial charge in [0.1, 0.15) is 36.5 Å². The Kier molecular flexibility index (Phi) is 5.91. The number of rotatable bonds is 7. The summed E-state index contributed by atoms with van der Waals surface area (Å²) in [5.74, 6) is -3.36. The minimum absolute atomic E-state index is 0.0878. The lowest BCUT2D eigenvalue weighted by Crippen LogP contribution is -2.71. The molecule has 3 aliphatic rings. The molecule has 1 aromatic rings. The molecule has 4 rings (SSSR count). The summed E-state index contributed by atoms with van der Waals surface area (Å²) in [6.45, 7) is -6.98. The molecule has 15 nitrogen and oxygen atoms in total. The van der Waals surface area contributed by atoms with Crippen LogP contribution in [0.2, 0.25) is 0 Å². The number of thioether (sulfide) groups is 1. The minimum atomic E-state index is -4.92. The first-order valence-corrected chi connectivity index (χ1v) is 13.1. The number of nitrogens with one attached hydrogen (secondary N) is 1. The molecule has 2 fully saturated rings. The van der Waals surface area contributed by atoms with Gasteiger partial charge in [-0.1, -0.05) is 5.16 Å². The zero-order valence-corrected chi connectivity index (χ0v) is 21.4. The number of carboxylic acids is 1. The second kappa shape index (κ2) is 11.3. The Balaban J connectivity index is 0.00000102. The van der Waals surface area contributed by atoms with Gasteiger partial charge in [-0.05, 0) is 0 Å². The standard InChI is InChI=1S/C19H24N6O5S2.H2O4S/c1-25(5-3-4-6-25)7-10-8-31-17-13(16(27)24(17)14(10)18(28)29)22-15(26)12(23-30-2)11-9-32-19(20)21-11;1-5(2,3)4/h9,13,17H,3-8H2,1-2H3,(H3-,20,21,22,26,28,29);(H2,1,2,3,4)/b23-12+;/t13-,17-;/m1./s1/i3D2,4D2,5D2,6D2;. The molecule has 4 heterocycles. The number of carbonyl (C=O) groups excluding carboxylic acids is 2. The van der Waals surface area contributed by atoms with E-state index < -0.39 is 82.1 Å². The van der Waals surface area contributed by atoms with Crippen LogP contribution in [0.15, 0.2) is 21.8 Å². The van der Waals surface area contributed by atoms with Crippen molar-refractivity contribution in [3.05, 3.63) is 22.3 Å². The Labute approximate surface area is 231 Å². The fraction of sp³-hybridized carbons (Fsp3) is 0.526. The molecule has 0 spiro atoms. The first-order valence-electron chi connectivity index (χ1n) is 13.9. The number of β-lactam (4-membered cyclic amide) rings is 1. The van der Waals surface area contributed by atoms with Gasteiger partial charge in [0.25, 0.3) is 11.8 Å². The maximum absolute atomic E-state index is 13.1. The number of nitrogens with zero attached hydrogens (tertiary/aromatic N) is 4. The number of hydrogen-bond donors (Lipinski definition) is 4. The molecular weight excluding hydrogens is 552 g/mol. The number of oxime groups is 1. The maximum atomic E-state index is 13.1. The van der Waals surface area contributed by atoms with E-state index in [-0.39, 0.29) is 27.9 Å². The lowest BCUT2D eigenvalue weighted by Gasteiger charge is -2.49. The molecule has 0 radical (unpaired) electrons. The number of anilines is 1. The number of likely N-dealkylation sites (tertiary alicyclic amines) is 1. The van der Waals surface area contributed by atoms with Gasteiger partial charge in [0.15, 0.2) is 10.8 Å². The number of aliphatic carboxylic acids is 1. The summed E-state index contributed by atoms with van der Waals surface area (Å²) >= 11 is 2.07. The number of nitrogens with two attached hydrogens (primary N) is 1. The van der Waals surface area contributed by atoms with Crippen molar-refractivity contribution in [1.82, 2.24) is 15.2 Å². The number of fused-ring (bicyclic) bond motifs is 1. The number of nitrogen functional groups attached to an aromatic ring is 1. The molecule has 2 atom stereocenters. The number of carboxylic acid groups (broad SMARTS) is 1. The highest BCUT2D eigenvalue weighted by Gasteiger charge is 2.55. The molecule has 0 saturated carbocycles. The lowest BCUT2D eigenvalue weighted by atomic mass is 10.0. The summed E-state index contributed by atoms with van der Waals surface area (Å²) in [6, 6.07) is -1.18. The first kappa shape index (κ1) is 19.3. The normalized spacial score (nSPS) is 31.6. The van der Waals surface area contributed by atoms with Crippen LogP contribution in [0.5, 0.6) is 0 Å². The van der Waals surface area contributed by atoms with E-state index in [0.717, 1.165) is 35.0 Å². The fourth-order valence-electron chi connectivity index (χ4n) is 3.50. The number of amides is 2. The van der Waals surface area contributed by atoms with E-state index in [9.17, 15) is 19.5 Å².